The second-order valence-electron chi connectivity index (χ2n) is 4.41. The summed E-state index contributed by atoms with van der Waals surface area (Å²) in [4.78, 5) is 6.59. The maximum Gasteiger partial charge on any atom is 0.143 e. The van der Waals surface area contributed by atoms with E-state index < -0.39 is 0 Å². The number of nitrogens with zero attached hydrogens (tertiary/aromatic N) is 2. The number of ether oxygens (including phenoxy) is 1. The third-order valence-corrected chi connectivity index (χ3v) is 2.88. The lowest BCUT2D eigenvalue weighted by atomic mass is 10.2. The Bertz CT molecular complexity index is 358. The lowest BCUT2D eigenvalue weighted by molar-refractivity contribution is 0.204. The summed E-state index contributed by atoms with van der Waals surface area (Å²) >= 11 is 3.50. The molecule has 0 aliphatic carbocycles. The van der Waals surface area contributed by atoms with E-state index in [4.69, 9.17) is 10.5 Å². The molecule has 1 heterocycles. The van der Waals surface area contributed by atoms with E-state index in [1.165, 1.54) is 0 Å². The Morgan fingerprint density at radius 1 is 1.53 bits per heavy atom. The van der Waals surface area contributed by atoms with Gasteiger partial charge in [0.1, 0.15) is 5.82 Å². The Morgan fingerprint density at radius 2 is 2.24 bits per heavy atom. The highest BCUT2D eigenvalue weighted by Gasteiger charge is 2.13. The van der Waals surface area contributed by atoms with Gasteiger partial charge in [0.2, 0.25) is 0 Å². The van der Waals surface area contributed by atoms with Crippen LogP contribution in [0.5, 0.6) is 0 Å². The van der Waals surface area contributed by atoms with Gasteiger partial charge in [0.15, 0.2) is 0 Å². The average Bonchev–Trinajstić information content (AvgIpc) is 2.24. The fraction of sp³-hybridized carbons (Fsp3) is 0.583. The number of anilines is 2. The normalized spacial score (nSPS) is 10.9. The lowest BCUT2D eigenvalue weighted by Crippen LogP contribution is -2.32. The maximum atomic E-state index is 5.69. The average molecular weight is 302 g/mol. The number of nitrogens with two attached hydrogens (primary N) is 1. The van der Waals surface area contributed by atoms with Gasteiger partial charge in [-0.3, -0.25) is 0 Å². The molecule has 0 aromatic carbocycles. The van der Waals surface area contributed by atoms with Crippen molar-refractivity contribution in [3.8, 4) is 0 Å². The third-order valence-electron chi connectivity index (χ3n) is 2.29. The van der Waals surface area contributed by atoms with Crippen molar-refractivity contribution in [1.82, 2.24) is 4.98 Å². The van der Waals surface area contributed by atoms with Crippen LogP contribution in [-0.2, 0) is 4.74 Å². The van der Waals surface area contributed by atoms with Crippen molar-refractivity contribution in [2.24, 2.45) is 5.92 Å². The monoisotopic (exact) mass is 301 g/mol. The Labute approximate surface area is 111 Å². The van der Waals surface area contributed by atoms with Crippen molar-refractivity contribution < 1.29 is 4.74 Å². The molecule has 0 aliphatic heterocycles. The van der Waals surface area contributed by atoms with E-state index in [2.05, 4.69) is 39.7 Å². The van der Waals surface area contributed by atoms with Gasteiger partial charge in [0.05, 0.1) is 23.0 Å². The van der Waals surface area contributed by atoms with E-state index in [1.54, 1.807) is 13.3 Å². The summed E-state index contributed by atoms with van der Waals surface area (Å²) in [5.74, 6) is 1.49. The number of rotatable bonds is 6. The quantitative estimate of drug-likeness (QED) is 0.877. The van der Waals surface area contributed by atoms with E-state index in [1.807, 2.05) is 6.07 Å². The molecule has 0 radical (unpaired) electrons. The molecular formula is C12H20BrN3O. The van der Waals surface area contributed by atoms with E-state index in [0.29, 0.717) is 18.2 Å². The summed E-state index contributed by atoms with van der Waals surface area (Å²) < 4.78 is 6.05. The molecule has 0 aliphatic rings. The second-order valence-corrected chi connectivity index (χ2v) is 5.26. The topological polar surface area (TPSA) is 51.4 Å². The molecule has 1 aromatic rings. The van der Waals surface area contributed by atoms with Gasteiger partial charge in [0.25, 0.3) is 0 Å². The zero-order valence-electron chi connectivity index (χ0n) is 10.6. The van der Waals surface area contributed by atoms with Crippen LogP contribution in [-0.4, -0.2) is 31.8 Å². The minimum absolute atomic E-state index is 0.568. The number of hydrogen-bond donors (Lipinski definition) is 1. The summed E-state index contributed by atoms with van der Waals surface area (Å²) in [7, 11) is 1.71. The summed E-state index contributed by atoms with van der Waals surface area (Å²) in [6, 6.07) is 1.88. The number of halogens is 1. The van der Waals surface area contributed by atoms with Crippen LogP contribution < -0.4 is 10.6 Å². The Morgan fingerprint density at radius 3 is 2.76 bits per heavy atom. The van der Waals surface area contributed by atoms with Crippen LogP contribution in [0.4, 0.5) is 11.5 Å². The van der Waals surface area contributed by atoms with Gasteiger partial charge in [-0.05, 0) is 27.9 Å². The molecule has 0 unspecified atom stereocenters. The molecule has 0 bridgehead atoms. The van der Waals surface area contributed by atoms with Crippen LogP contribution in [0.2, 0.25) is 0 Å². The third kappa shape index (κ3) is 4.52. The molecule has 2 N–H and O–H groups in total. The van der Waals surface area contributed by atoms with Crippen molar-refractivity contribution in [2.45, 2.75) is 13.8 Å². The molecule has 0 fully saturated rings. The summed E-state index contributed by atoms with van der Waals surface area (Å²) in [5, 5.41) is 0. The molecule has 0 spiro atoms. The Hall–Kier alpha value is -0.810. The van der Waals surface area contributed by atoms with Gasteiger partial charge in [-0.2, -0.15) is 0 Å². The predicted molar refractivity (Wildman–Crippen MR) is 75.3 cm³/mol. The molecule has 5 heteroatoms. The first-order chi connectivity index (χ1) is 8.04. The highest BCUT2D eigenvalue weighted by molar-refractivity contribution is 9.10. The Kier molecular flexibility index (Phi) is 5.71. The van der Waals surface area contributed by atoms with Crippen LogP contribution in [0.3, 0.4) is 0 Å². The van der Waals surface area contributed by atoms with E-state index in [-0.39, 0.29) is 0 Å². The van der Waals surface area contributed by atoms with Gasteiger partial charge in [-0.15, -0.1) is 0 Å². The molecule has 1 rings (SSSR count). The molecule has 0 atom stereocenters. The van der Waals surface area contributed by atoms with Crippen molar-refractivity contribution >= 4 is 27.4 Å². The predicted octanol–water partition coefficient (Wildman–Crippen LogP) is 2.54. The van der Waals surface area contributed by atoms with Crippen molar-refractivity contribution in [2.75, 3.05) is 37.4 Å². The minimum atomic E-state index is 0.568. The number of pyridine rings is 1. The largest absolute Gasteiger partial charge is 0.397 e. The van der Waals surface area contributed by atoms with E-state index in [0.717, 1.165) is 23.4 Å². The molecule has 1 aromatic heterocycles. The number of methoxy groups -OCH3 is 1. The van der Waals surface area contributed by atoms with Crippen LogP contribution in [0.25, 0.3) is 0 Å². The highest BCUT2D eigenvalue weighted by Crippen LogP contribution is 2.26. The fourth-order valence-corrected chi connectivity index (χ4v) is 2.22. The maximum absolute atomic E-state index is 5.69. The molecule has 0 saturated carbocycles. The second kappa shape index (κ2) is 6.81. The van der Waals surface area contributed by atoms with Crippen LogP contribution in [0.1, 0.15) is 13.8 Å². The van der Waals surface area contributed by atoms with Gasteiger partial charge < -0.3 is 15.4 Å². The smallest absolute Gasteiger partial charge is 0.143 e. The number of aromatic nitrogens is 1. The molecular weight excluding hydrogens is 282 g/mol. The Balaban J connectivity index is 2.86. The first kappa shape index (κ1) is 14.3. The van der Waals surface area contributed by atoms with E-state index >= 15 is 0 Å². The van der Waals surface area contributed by atoms with Crippen molar-refractivity contribution in [3.05, 3.63) is 16.7 Å². The summed E-state index contributed by atoms with van der Waals surface area (Å²) in [6.45, 7) is 6.82. The lowest BCUT2D eigenvalue weighted by Gasteiger charge is -2.26. The standard InChI is InChI=1S/C12H20BrN3O/c1-9(2)8-16(4-5-17-3)12-11(13)6-10(14)7-15-12/h6-7,9H,4-5,8,14H2,1-3H3. The van der Waals surface area contributed by atoms with Gasteiger partial charge in [0, 0.05) is 20.2 Å². The summed E-state index contributed by atoms with van der Waals surface area (Å²) in [6.07, 6.45) is 1.68. The van der Waals surface area contributed by atoms with Crippen molar-refractivity contribution in [3.63, 3.8) is 0 Å². The van der Waals surface area contributed by atoms with E-state index in [9.17, 15) is 0 Å². The fourth-order valence-electron chi connectivity index (χ4n) is 1.60. The minimum Gasteiger partial charge on any atom is -0.397 e. The van der Waals surface area contributed by atoms with Gasteiger partial charge in [-0.25, -0.2) is 4.98 Å². The first-order valence-corrected chi connectivity index (χ1v) is 6.48. The zero-order valence-corrected chi connectivity index (χ0v) is 12.2. The first-order valence-electron chi connectivity index (χ1n) is 5.69. The van der Waals surface area contributed by atoms with Crippen LogP contribution in [0.15, 0.2) is 16.7 Å². The number of nitrogen functional groups attached to an aromatic ring is 1. The molecule has 4 nitrogen and oxygen atoms in total. The van der Waals surface area contributed by atoms with Gasteiger partial charge >= 0.3 is 0 Å². The molecule has 96 valence electrons. The summed E-state index contributed by atoms with van der Waals surface area (Å²) in [5.41, 5.74) is 6.36. The SMILES string of the molecule is COCCN(CC(C)C)c1ncc(N)cc1Br. The molecule has 17 heavy (non-hydrogen) atoms. The van der Waals surface area contributed by atoms with Crippen LogP contribution >= 0.6 is 15.9 Å². The number of hydrogen-bond acceptors (Lipinski definition) is 4. The van der Waals surface area contributed by atoms with Crippen LogP contribution in [0, 0.1) is 5.92 Å². The van der Waals surface area contributed by atoms with Crippen molar-refractivity contribution in [1.29, 1.82) is 0 Å². The molecule has 0 saturated heterocycles. The molecule has 0 amide bonds. The highest BCUT2D eigenvalue weighted by atomic mass is 79.9. The zero-order chi connectivity index (χ0) is 12.8. The van der Waals surface area contributed by atoms with Gasteiger partial charge in [-0.1, -0.05) is 13.8 Å².